The first-order valence-electron chi connectivity index (χ1n) is 4.00. The van der Waals surface area contributed by atoms with Gasteiger partial charge in [0, 0.05) is 0 Å². The van der Waals surface area contributed by atoms with Crippen LogP contribution >= 0.6 is 11.8 Å². The molecule has 0 aliphatic heterocycles. The quantitative estimate of drug-likeness (QED) is 0.696. The summed E-state index contributed by atoms with van der Waals surface area (Å²) in [6.45, 7) is 2.06. The molecule has 0 N–H and O–H groups in total. The van der Waals surface area contributed by atoms with Crippen LogP contribution in [-0.2, 0) is 0 Å². The van der Waals surface area contributed by atoms with E-state index in [2.05, 4.69) is 6.92 Å². The van der Waals surface area contributed by atoms with E-state index in [-0.39, 0.29) is 0 Å². The van der Waals surface area contributed by atoms with Crippen molar-refractivity contribution < 1.29 is 9.47 Å². The van der Waals surface area contributed by atoms with Crippen LogP contribution in [0.15, 0.2) is 17.0 Å². The van der Waals surface area contributed by atoms with Crippen molar-refractivity contribution in [1.82, 2.24) is 0 Å². The molecule has 0 aromatic heterocycles. The van der Waals surface area contributed by atoms with E-state index in [0.29, 0.717) is 0 Å². The van der Waals surface area contributed by atoms with Crippen LogP contribution in [0.2, 0.25) is 0 Å². The zero-order valence-electron chi connectivity index (χ0n) is 8.38. The lowest BCUT2D eigenvalue weighted by Gasteiger charge is -2.12. The maximum atomic E-state index is 5.29. The number of hydrogen-bond acceptors (Lipinski definition) is 3. The van der Waals surface area contributed by atoms with Gasteiger partial charge in [0.05, 0.1) is 19.1 Å². The molecule has 3 heteroatoms. The summed E-state index contributed by atoms with van der Waals surface area (Å²) in [5, 5.41) is 0. The van der Waals surface area contributed by atoms with Crippen LogP contribution in [0.4, 0.5) is 0 Å². The Kier molecular flexibility index (Phi) is 3.48. The molecule has 13 heavy (non-hydrogen) atoms. The Balaban J connectivity index is 3.27. The van der Waals surface area contributed by atoms with Crippen LogP contribution in [0.5, 0.6) is 11.5 Å². The summed E-state index contributed by atoms with van der Waals surface area (Å²) in [6, 6.07) is 3.96. The molecule has 2 nitrogen and oxygen atoms in total. The molecule has 1 aromatic carbocycles. The van der Waals surface area contributed by atoms with Gasteiger partial charge in [0.2, 0.25) is 0 Å². The van der Waals surface area contributed by atoms with Gasteiger partial charge in [-0.15, -0.1) is 11.8 Å². The minimum atomic E-state index is 0.789. The van der Waals surface area contributed by atoms with Gasteiger partial charge < -0.3 is 9.47 Å². The fourth-order valence-electron chi connectivity index (χ4n) is 1.25. The zero-order valence-corrected chi connectivity index (χ0v) is 9.20. The molecule has 0 spiro atoms. The molecule has 0 radical (unpaired) electrons. The predicted octanol–water partition coefficient (Wildman–Crippen LogP) is 2.73. The highest BCUT2D eigenvalue weighted by Gasteiger charge is 2.10. The second-order valence-electron chi connectivity index (χ2n) is 2.65. The average molecular weight is 198 g/mol. The van der Waals surface area contributed by atoms with Crippen LogP contribution in [0.25, 0.3) is 0 Å². The van der Waals surface area contributed by atoms with Gasteiger partial charge in [-0.25, -0.2) is 0 Å². The lowest BCUT2D eigenvalue weighted by Crippen LogP contribution is -1.93. The monoisotopic (exact) mass is 198 g/mol. The van der Waals surface area contributed by atoms with Gasteiger partial charge in [-0.1, -0.05) is 6.07 Å². The number of rotatable bonds is 3. The van der Waals surface area contributed by atoms with Crippen molar-refractivity contribution >= 4 is 11.8 Å². The second-order valence-corrected chi connectivity index (χ2v) is 3.47. The number of benzene rings is 1. The van der Waals surface area contributed by atoms with Crippen LogP contribution in [0.3, 0.4) is 0 Å². The summed E-state index contributed by atoms with van der Waals surface area (Å²) in [7, 11) is 3.31. The highest BCUT2D eigenvalue weighted by atomic mass is 32.2. The second kappa shape index (κ2) is 4.42. The molecular formula is C10H14O2S. The van der Waals surface area contributed by atoms with Gasteiger partial charge in [0.15, 0.2) is 11.5 Å². The lowest BCUT2D eigenvalue weighted by atomic mass is 10.2. The van der Waals surface area contributed by atoms with Crippen molar-refractivity contribution in [3.8, 4) is 11.5 Å². The van der Waals surface area contributed by atoms with Gasteiger partial charge in [-0.3, -0.25) is 0 Å². The molecule has 0 atom stereocenters. The van der Waals surface area contributed by atoms with Crippen molar-refractivity contribution in [2.45, 2.75) is 11.8 Å². The number of methoxy groups -OCH3 is 2. The summed E-state index contributed by atoms with van der Waals surface area (Å²) >= 11 is 1.67. The van der Waals surface area contributed by atoms with E-state index < -0.39 is 0 Å². The normalized spacial score (nSPS) is 9.85. The molecule has 0 aliphatic rings. The fourth-order valence-corrected chi connectivity index (χ4v) is 2.01. The molecule has 0 heterocycles. The molecule has 0 amide bonds. The minimum Gasteiger partial charge on any atom is -0.493 e. The Morgan fingerprint density at radius 1 is 1.15 bits per heavy atom. The number of hydrogen-bond donors (Lipinski definition) is 0. The lowest BCUT2D eigenvalue weighted by molar-refractivity contribution is 0.347. The smallest absolute Gasteiger partial charge is 0.174 e. The molecule has 0 bridgehead atoms. The third-order valence-electron chi connectivity index (χ3n) is 1.90. The Labute approximate surface area is 83.2 Å². The fraction of sp³-hybridized carbons (Fsp3) is 0.400. The Hall–Kier alpha value is -0.830. The van der Waals surface area contributed by atoms with Crippen LogP contribution in [0.1, 0.15) is 5.56 Å². The molecular weight excluding hydrogens is 184 g/mol. The zero-order chi connectivity index (χ0) is 9.84. The summed E-state index contributed by atoms with van der Waals surface area (Å²) in [6.07, 6.45) is 2.03. The number of thioether (sulfide) groups is 1. The van der Waals surface area contributed by atoms with E-state index in [1.165, 1.54) is 5.56 Å². The van der Waals surface area contributed by atoms with Gasteiger partial charge in [0.25, 0.3) is 0 Å². The first-order chi connectivity index (χ1) is 6.24. The largest absolute Gasteiger partial charge is 0.493 e. The molecule has 1 rings (SSSR count). The van der Waals surface area contributed by atoms with E-state index in [9.17, 15) is 0 Å². The molecule has 0 unspecified atom stereocenters. The van der Waals surface area contributed by atoms with Gasteiger partial charge in [-0.2, -0.15) is 0 Å². The van der Waals surface area contributed by atoms with E-state index >= 15 is 0 Å². The van der Waals surface area contributed by atoms with E-state index in [4.69, 9.17) is 9.47 Å². The Morgan fingerprint density at radius 2 is 1.85 bits per heavy atom. The van der Waals surface area contributed by atoms with Crippen LogP contribution < -0.4 is 9.47 Å². The summed E-state index contributed by atoms with van der Waals surface area (Å²) in [5.74, 6) is 1.62. The first-order valence-corrected chi connectivity index (χ1v) is 5.22. The van der Waals surface area contributed by atoms with Crippen molar-refractivity contribution in [3.05, 3.63) is 17.7 Å². The van der Waals surface area contributed by atoms with E-state index in [1.54, 1.807) is 26.0 Å². The summed E-state index contributed by atoms with van der Waals surface area (Å²) < 4.78 is 10.5. The van der Waals surface area contributed by atoms with E-state index in [1.807, 2.05) is 18.4 Å². The predicted molar refractivity (Wildman–Crippen MR) is 56.1 cm³/mol. The van der Waals surface area contributed by atoms with Crippen molar-refractivity contribution in [1.29, 1.82) is 0 Å². The van der Waals surface area contributed by atoms with Crippen LogP contribution in [-0.4, -0.2) is 20.5 Å². The van der Waals surface area contributed by atoms with Crippen molar-refractivity contribution in [3.63, 3.8) is 0 Å². The molecule has 0 fully saturated rings. The topological polar surface area (TPSA) is 18.5 Å². The number of aryl methyl sites for hydroxylation is 1. The summed E-state index contributed by atoms with van der Waals surface area (Å²) in [5.41, 5.74) is 1.21. The van der Waals surface area contributed by atoms with Crippen molar-refractivity contribution in [2.75, 3.05) is 20.5 Å². The number of ether oxygens (including phenoxy) is 2. The maximum Gasteiger partial charge on any atom is 0.174 e. The molecule has 0 saturated carbocycles. The molecule has 0 aliphatic carbocycles. The average Bonchev–Trinajstić information content (AvgIpc) is 2.17. The molecule has 1 aromatic rings. The van der Waals surface area contributed by atoms with Gasteiger partial charge >= 0.3 is 0 Å². The standard InChI is InChI=1S/C10H14O2S/c1-7-5-6-8(11-2)9(12-3)10(7)13-4/h5-6H,1-4H3. The first kappa shape index (κ1) is 10.3. The Morgan fingerprint density at radius 3 is 2.31 bits per heavy atom. The Bertz CT molecular complexity index is 297. The highest BCUT2D eigenvalue weighted by molar-refractivity contribution is 7.98. The molecule has 0 saturated heterocycles. The highest BCUT2D eigenvalue weighted by Crippen LogP contribution is 2.38. The maximum absolute atomic E-state index is 5.29. The van der Waals surface area contributed by atoms with Gasteiger partial charge in [-0.05, 0) is 24.8 Å². The molecule has 72 valence electrons. The SMILES string of the molecule is COc1ccc(C)c(SC)c1OC. The third kappa shape index (κ3) is 1.91. The van der Waals surface area contributed by atoms with E-state index in [0.717, 1.165) is 16.4 Å². The van der Waals surface area contributed by atoms with Gasteiger partial charge in [0.1, 0.15) is 0 Å². The van der Waals surface area contributed by atoms with Crippen molar-refractivity contribution in [2.24, 2.45) is 0 Å². The minimum absolute atomic E-state index is 0.789. The third-order valence-corrected chi connectivity index (χ3v) is 2.82. The van der Waals surface area contributed by atoms with Crippen LogP contribution in [0, 0.1) is 6.92 Å². The summed E-state index contributed by atoms with van der Waals surface area (Å²) in [4.78, 5) is 1.14.